The monoisotopic (exact) mass is 494 g/mol. The standard InChI is InChI=1S/C25H26N4O6.CH4/c1-15-18(12-23(32)35-15)26-22(31)14-29-21-11-7-6-10-20(21)28(16(2)30)13-19(25(29)34)27-24(33)17-8-4-3-5-9-17;/h3-11,15,18-19H,12-14H2,1-2H3,(H,26,31)(H,27,33);1H4/t15?,18-,19-;/m0./s1. The summed E-state index contributed by atoms with van der Waals surface area (Å²) in [5.74, 6) is -2.22. The number of cyclic esters (lactones) is 1. The number of amides is 4. The third-order valence-corrected chi connectivity index (χ3v) is 6.03. The summed E-state index contributed by atoms with van der Waals surface area (Å²) in [7, 11) is 0. The van der Waals surface area contributed by atoms with Crippen LogP contribution >= 0.6 is 0 Å². The summed E-state index contributed by atoms with van der Waals surface area (Å²) < 4.78 is 5.08. The maximum Gasteiger partial charge on any atom is 0.308 e. The molecule has 10 heteroatoms. The quantitative estimate of drug-likeness (QED) is 0.609. The minimum Gasteiger partial charge on any atom is -0.460 e. The van der Waals surface area contributed by atoms with E-state index < -0.39 is 41.9 Å². The molecule has 0 bridgehead atoms. The van der Waals surface area contributed by atoms with Crippen molar-refractivity contribution in [3.05, 3.63) is 60.2 Å². The van der Waals surface area contributed by atoms with Crippen LogP contribution in [0.25, 0.3) is 0 Å². The zero-order valence-electron chi connectivity index (χ0n) is 19.4. The second kappa shape index (κ2) is 11.0. The van der Waals surface area contributed by atoms with Crippen LogP contribution in [0.1, 0.15) is 38.1 Å². The Morgan fingerprint density at radius 3 is 2.22 bits per heavy atom. The molecule has 0 saturated carbocycles. The molecule has 3 atom stereocenters. The molecule has 0 radical (unpaired) electrons. The first kappa shape index (κ1) is 26.4. The SMILES string of the molecule is C.CC(=O)N1C[C@H](NC(=O)c2ccccc2)C(=O)N(CC(=O)N[C@H]2CC(=O)OC2C)c2ccccc21. The largest absolute Gasteiger partial charge is 0.460 e. The van der Waals surface area contributed by atoms with E-state index in [0.29, 0.717) is 16.9 Å². The maximum atomic E-state index is 13.6. The van der Waals surface area contributed by atoms with Crippen molar-refractivity contribution < 1.29 is 28.7 Å². The highest BCUT2D eigenvalue weighted by Crippen LogP contribution is 2.33. The molecule has 2 heterocycles. The lowest BCUT2D eigenvalue weighted by molar-refractivity contribution is -0.141. The molecule has 1 unspecified atom stereocenters. The van der Waals surface area contributed by atoms with Gasteiger partial charge >= 0.3 is 5.97 Å². The molecule has 0 aromatic heterocycles. The highest BCUT2D eigenvalue weighted by atomic mass is 16.6. The first-order valence-electron chi connectivity index (χ1n) is 11.3. The van der Waals surface area contributed by atoms with Gasteiger partial charge in [-0.05, 0) is 31.2 Å². The fraction of sp³-hybridized carbons (Fsp3) is 0.346. The summed E-state index contributed by atoms with van der Waals surface area (Å²) >= 11 is 0. The van der Waals surface area contributed by atoms with Crippen LogP contribution in [0.5, 0.6) is 0 Å². The van der Waals surface area contributed by atoms with E-state index in [9.17, 15) is 24.0 Å². The van der Waals surface area contributed by atoms with E-state index in [4.69, 9.17) is 4.74 Å². The Bertz CT molecular complexity index is 1170. The van der Waals surface area contributed by atoms with E-state index in [1.807, 2.05) is 0 Å². The van der Waals surface area contributed by atoms with Gasteiger partial charge in [0.15, 0.2) is 0 Å². The lowest BCUT2D eigenvalue weighted by Crippen LogP contribution is -2.54. The van der Waals surface area contributed by atoms with Crippen LogP contribution in [0.3, 0.4) is 0 Å². The number of para-hydroxylation sites is 2. The van der Waals surface area contributed by atoms with Crippen LogP contribution in [0, 0.1) is 0 Å². The highest BCUT2D eigenvalue weighted by Gasteiger charge is 2.38. The molecule has 4 rings (SSSR count). The van der Waals surface area contributed by atoms with E-state index in [1.165, 1.54) is 16.7 Å². The fourth-order valence-corrected chi connectivity index (χ4v) is 4.23. The Kier molecular flexibility index (Phi) is 8.08. The molecular formula is C26H30N4O6. The van der Waals surface area contributed by atoms with Crippen LogP contribution in [-0.4, -0.2) is 60.9 Å². The zero-order chi connectivity index (χ0) is 25.1. The Labute approximate surface area is 209 Å². The Morgan fingerprint density at radius 2 is 1.61 bits per heavy atom. The molecule has 10 nitrogen and oxygen atoms in total. The summed E-state index contributed by atoms with van der Waals surface area (Å²) in [6, 6.07) is 13.6. The molecule has 1 fully saturated rings. The number of carbonyl (C=O) groups is 5. The molecular weight excluding hydrogens is 464 g/mol. The lowest BCUT2D eigenvalue weighted by Gasteiger charge is -2.26. The number of hydrogen-bond donors (Lipinski definition) is 2. The van der Waals surface area contributed by atoms with Gasteiger partial charge in [0.2, 0.25) is 11.8 Å². The van der Waals surface area contributed by atoms with Crippen LogP contribution in [-0.2, 0) is 23.9 Å². The Hall–Kier alpha value is -4.21. The summed E-state index contributed by atoms with van der Waals surface area (Å²) in [4.78, 5) is 66.1. The fourth-order valence-electron chi connectivity index (χ4n) is 4.23. The number of anilines is 2. The van der Waals surface area contributed by atoms with Crippen molar-refractivity contribution in [3.8, 4) is 0 Å². The summed E-state index contributed by atoms with van der Waals surface area (Å²) in [6.45, 7) is 2.60. The van der Waals surface area contributed by atoms with Crippen LogP contribution in [0.2, 0.25) is 0 Å². The number of benzene rings is 2. The van der Waals surface area contributed by atoms with Crippen molar-refractivity contribution >= 4 is 41.0 Å². The molecule has 2 aliphatic heterocycles. The molecule has 2 N–H and O–H groups in total. The Morgan fingerprint density at radius 1 is 0.972 bits per heavy atom. The van der Waals surface area contributed by atoms with Crippen molar-refractivity contribution in [1.82, 2.24) is 10.6 Å². The number of ether oxygens (including phenoxy) is 1. The molecule has 190 valence electrons. The number of hydrogen-bond acceptors (Lipinski definition) is 6. The molecule has 2 aromatic rings. The minimum absolute atomic E-state index is 0. The molecule has 2 aliphatic rings. The topological polar surface area (TPSA) is 125 Å². The normalized spacial score (nSPS) is 21.0. The molecule has 0 aliphatic carbocycles. The molecule has 1 saturated heterocycles. The summed E-state index contributed by atoms with van der Waals surface area (Å²) in [5.41, 5.74) is 1.18. The third-order valence-electron chi connectivity index (χ3n) is 6.03. The predicted octanol–water partition coefficient (Wildman–Crippen LogP) is 1.64. The van der Waals surface area contributed by atoms with Gasteiger partial charge in [-0.1, -0.05) is 37.8 Å². The average molecular weight is 495 g/mol. The van der Waals surface area contributed by atoms with Crippen molar-refractivity contribution in [2.75, 3.05) is 22.9 Å². The number of esters is 1. The van der Waals surface area contributed by atoms with E-state index in [2.05, 4.69) is 10.6 Å². The molecule has 0 spiro atoms. The summed E-state index contributed by atoms with van der Waals surface area (Å²) in [6.07, 6.45) is -0.435. The van der Waals surface area contributed by atoms with Crippen molar-refractivity contribution in [3.63, 3.8) is 0 Å². The summed E-state index contributed by atoms with van der Waals surface area (Å²) in [5, 5.41) is 5.46. The van der Waals surface area contributed by atoms with E-state index >= 15 is 0 Å². The number of carbonyl (C=O) groups excluding carboxylic acids is 5. The van der Waals surface area contributed by atoms with Crippen LogP contribution in [0.15, 0.2) is 54.6 Å². The Balaban J connectivity index is 0.00000361. The lowest BCUT2D eigenvalue weighted by atomic mass is 10.1. The second-order valence-corrected chi connectivity index (χ2v) is 8.51. The molecule has 2 aromatic carbocycles. The van der Waals surface area contributed by atoms with Gasteiger partial charge in [-0.25, -0.2) is 0 Å². The number of fused-ring (bicyclic) bond motifs is 1. The van der Waals surface area contributed by atoms with Crippen molar-refractivity contribution in [1.29, 1.82) is 0 Å². The van der Waals surface area contributed by atoms with E-state index in [-0.39, 0.29) is 32.8 Å². The van der Waals surface area contributed by atoms with E-state index in [0.717, 1.165) is 0 Å². The van der Waals surface area contributed by atoms with Crippen LogP contribution < -0.4 is 20.4 Å². The molecule has 4 amide bonds. The van der Waals surface area contributed by atoms with Gasteiger partial charge in [0.05, 0.1) is 30.4 Å². The smallest absolute Gasteiger partial charge is 0.308 e. The van der Waals surface area contributed by atoms with Gasteiger partial charge in [-0.15, -0.1) is 0 Å². The third kappa shape index (κ3) is 5.54. The zero-order valence-corrected chi connectivity index (χ0v) is 19.4. The van der Waals surface area contributed by atoms with Gasteiger partial charge in [-0.2, -0.15) is 0 Å². The van der Waals surface area contributed by atoms with Gasteiger partial charge < -0.3 is 20.3 Å². The van der Waals surface area contributed by atoms with Gasteiger partial charge in [-0.3, -0.25) is 28.9 Å². The number of nitrogens with zero attached hydrogens (tertiary/aromatic N) is 2. The second-order valence-electron chi connectivity index (χ2n) is 8.51. The van der Waals surface area contributed by atoms with Crippen LogP contribution in [0.4, 0.5) is 11.4 Å². The average Bonchev–Trinajstić information content (AvgIpc) is 3.10. The number of nitrogens with one attached hydrogen (secondary N) is 2. The first-order valence-corrected chi connectivity index (χ1v) is 11.3. The first-order chi connectivity index (χ1) is 16.7. The van der Waals surface area contributed by atoms with Crippen molar-refractivity contribution in [2.24, 2.45) is 0 Å². The minimum atomic E-state index is -1.10. The van der Waals surface area contributed by atoms with Gasteiger partial charge in [0, 0.05) is 12.5 Å². The van der Waals surface area contributed by atoms with E-state index in [1.54, 1.807) is 61.5 Å². The maximum absolute atomic E-state index is 13.6. The highest BCUT2D eigenvalue weighted by molar-refractivity contribution is 6.10. The molecule has 36 heavy (non-hydrogen) atoms. The van der Waals surface area contributed by atoms with Gasteiger partial charge in [0.1, 0.15) is 18.7 Å². The number of rotatable bonds is 5. The van der Waals surface area contributed by atoms with Crippen molar-refractivity contribution in [2.45, 2.75) is 45.9 Å². The van der Waals surface area contributed by atoms with Gasteiger partial charge in [0.25, 0.3) is 11.8 Å². The predicted molar refractivity (Wildman–Crippen MR) is 133 cm³/mol.